The number of aromatic nitrogens is 3. The molecule has 25 heavy (non-hydrogen) atoms. The summed E-state index contributed by atoms with van der Waals surface area (Å²) in [6.45, 7) is 0.732. The van der Waals surface area contributed by atoms with Gasteiger partial charge in [0.15, 0.2) is 0 Å². The van der Waals surface area contributed by atoms with Crippen molar-refractivity contribution in [3.8, 4) is 0 Å². The Labute approximate surface area is 147 Å². The lowest BCUT2D eigenvalue weighted by Crippen LogP contribution is -2.21. The first-order valence-corrected chi connectivity index (χ1v) is 8.80. The van der Waals surface area contributed by atoms with Crippen LogP contribution in [0.15, 0.2) is 35.3 Å². The van der Waals surface area contributed by atoms with E-state index in [0.29, 0.717) is 21.5 Å². The second-order valence-corrected chi connectivity index (χ2v) is 6.91. The highest BCUT2D eigenvalue weighted by Gasteiger charge is 2.23. The third-order valence-corrected chi connectivity index (χ3v) is 5.13. The highest BCUT2D eigenvalue weighted by Crippen LogP contribution is 2.32. The summed E-state index contributed by atoms with van der Waals surface area (Å²) in [7, 11) is 1.63. The smallest absolute Gasteiger partial charge is 0.259 e. The molecule has 7 nitrogen and oxygen atoms in total. The van der Waals surface area contributed by atoms with Gasteiger partial charge in [0.05, 0.1) is 5.56 Å². The van der Waals surface area contributed by atoms with Gasteiger partial charge in [-0.05, 0) is 18.9 Å². The normalized spacial score (nSPS) is 17.1. The summed E-state index contributed by atoms with van der Waals surface area (Å²) in [4.78, 5) is 24.9. The van der Waals surface area contributed by atoms with Gasteiger partial charge in [-0.3, -0.25) is 14.9 Å². The predicted molar refractivity (Wildman–Crippen MR) is 95.0 cm³/mol. The fraction of sp³-hybridized carbons (Fsp3) is 0.294. The van der Waals surface area contributed by atoms with Crippen molar-refractivity contribution in [1.82, 2.24) is 14.8 Å². The molecule has 1 amide bonds. The van der Waals surface area contributed by atoms with Gasteiger partial charge in [0, 0.05) is 30.6 Å². The maximum Gasteiger partial charge on any atom is 0.259 e. The third kappa shape index (κ3) is 2.94. The molecule has 1 aliphatic rings. The number of benzene rings is 1. The number of carbonyl (C=O) groups is 1. The van der Waals surface area contributed by atoms with Gasteiger partial charge >= 0.3 is 0 Å². The van der Waals surface area contributed by atoms with Crippen LogP contribution in [0.1, 0.15) is 34.3 Å². The number of hydrogen-bond donors (Lipinski definition) is 1. The van der Waals surface area contributed by atoms with Gasteiger partial charge in [-0.15, -0.1) is 10.2 Å². The number of rotatable bonds is 3. The highest BCUT2D eigenvalue weighted by atomic mass is 32.1. The van der Waals surface area contributed by atoms with E-state index in [1.807, 2.05) is 0 Å². The number of ether oxygens (including phenoxy) is 1. The fourth-order valence-corrected chi connectivity index (χ4v) is 3.77. The molecule has 1 N–H and O–H groups in total. The van der Waals surface area contributed by atoms with Crippen LogP contribution in [0.4, 0.5) is 5.13 Å². The number of fused-ring (bicyclic) bond motifs is 1. The number of nitrogens with zero attached hydrogens (tertiary/aromatic N) is 3. The summed E-state index contributed by atoms with van der Waals surface area (Å²) >= 11 is 1.32. The lowest BCUT2D eigenvalue weighted by atomic mass is 10.1. The summed E-state index contributed by atoms with van der Waals surface area (Å²) in [5.41, 5.74) is 0.287. The lowest BCUT2D eigenvalue weighted by molar-refractivity contribution is 0.102. The molecule has 0 radical (unpaired) electrons. The zero-order valence-corrected chi connectivity index (χ0v) is 14.4. The molecule has 1 fully saturated rings. The van der Waals surface area contributed by atoms with Crippen molar-refractivity contribution in [1.29, 1.82) is 0 Å². The minimum absolute atomic E-state index is 0.0264. The number of anilines is 1. The van der Waals surface area contributed by atoms with E-state index in [1.54, 1.807) is 37.5 Å². The van der Waals surface area contributed by atoms with Gasteiger partial charge in [0.25, 0.3) is 11.5 Å². The van der Waals surface area contributed by atoms with Crippen molar-refractivity contribution in [2.75, 3.05) is 11.9 Å². The largest absolute Gasteiger partial charge is 0.371 e. The van der Waals surface area contributed by atoms with Gasteiger partial charge in [-0.2, -0.15) is 0 Å². The Hall–Kier alpha value is -2.58. The topological polar surface area (TPSA) is 86.1 Å². The van der Waals surface area contributed by atoms with E-state index in [9.17, 15) is 9.59 Å². The molecule has 3 heterocycles. The molecule has 1 aliphatic heterocycles. The van der Waals surface area contributed by atoms with E-state index >= 15 is 0 Å². The molecule has 0 aliphatic carbocycles. The van der Waals surface area contributed by atoms with Gasteiger partial charge < -0.3 is 9.30 Å². The zero-order chi connectivity index (χ0) is 17.4. The summed E-state index contributed by atoms with van der Waals surface area (Å²) in [5, 5.41) is 13.3. The fourth-order valence-electron chi connectivity index (χ4n) is 2.95. The first kappa shape index (κ1) is 15.9. The molecule has 0 spiro atoms. The Morgan fingerprint density at radius 1 is 1.32 bits per heavy atom. The first-order valence-electron chi connectivity index (χ1n) is 7.98. The van der Waals surface area contributed by atoms with Crippen molar-refractivity contribution >= 4 is 33.1 Å². The van der Waals surface area contributed by atoms with Crippen molar-refractivity contribution < 1.29 is 9.53 Å². The van der Waals surface area contributed by atoms with Crippen molar-refractivity contribution in [3.05, 3.63) is 51.4 Å². The number of pyridine rings is 1. The van der Waals surface area contributed by atoms with Crippen LogP contribution in [0.3, 0.4) is 0 Å². The van der Waals surface area contributed by atoms with E-state index in [2.05, 4.69) is 15.5 Å². The highest BCUT2D eigenvalue weighted by molar-refractivity contribution is 7.15. The first-order chi connectivity index (χ1) is 12.1. The Balaban J connectivity index is 1.64. The minimum atomic E-state index is -0.318. The zero-order valence-electron chi connectivity index (χ0n) is 13.6. The SMILES string of the molecule is Cn1cc(C(=O)Nc2nnc([C@@H]3CCCO3)s2)c2ccccc2c1=O. The number of amides is 1. The Bertz CT molecular complexity index is 1000. The van der Waals surface area contributed by atoms with Crippen LogP contribution in [0.5, 0.6) is 0 Å². The third-order valence-electron chi connectivity index (χ3n) is 4.20. The average Bonchev–Trinajstić information content (AvgIpc) is 3.29. The molecule has 0 saturated carbocycles. The second-order valence-electron chi connectivity index (χ2n) is 5.91. The standard InChI is InChI=1S/C17H16N4O3S/c1-21-9-12(10-5-2-3-6-11(10)16(21)23)14(22)18-17-20-19-15(25-17)13-7-4-8-24-13/h2-3,5-6,9,13H,4,7-8H2,1H3,(H,18,20,22)/t13-/m0/s1. The molecule has 128 valence electrons. The van der Waals surface area contributed by atoms with Gasteiger partial charge in [0.2, 0.25) is 5.13 Å². The van der Waals surface area contributed by atoms with Crippen LogP contribution >= 0.6 is 11.3 Å². The van der Waals surface area contributed by atoms with Crippen molar-refractivity contribution in [2.45, 2.75) is 18.9 Å². The van der Waals surface area contributed by atoms with E-state index in [0.717, 1.165) is 24.5 Å². The summed E-state index contributed by atoms with van der Waals surface area (Å²) < 4.78 is 7.00. The minimum Gasteiger partial charge on any atom is -0.371 e. The van der Waals surface area contributed by atoms with Gasteiger partial charge in [0.1, 0.15) is 11.1 Å². The molecule has 3 aromatic rings. The van der Waals surface area contributed by atoms with Crippen molar-refractivity contribution in [2.24, 2.45) is 7.05 Å². The molecular weight excluding hydrogens is 340 g/mol. The van der Waals surface area contributed by atoms with E-state index < -0.39 is 0 Å². The number of nitrogens with one attached hydrogen (secondary N) is 1. The van der Waals surface area contributed by atoms with E-state index in [1.165, 1.54) is 15.9 Å². The number of aryl methyl sites for hydroxylation is 1. The Morgan fingerprint density at radius 2 is 2.12 bits per heavy atom. The molecule has 4 rings (SSSR count). The monoisotopic (exact) mass is 356 g/mol. The molecule has 2 aromatic heterocycles. The Kier molecular flexibility index (Phi) is 4.06. The number of carbonyl (C=O) groups excluding carboxylic acids is 1. The van der Waals surface area contributed by atoms with Crippen LogP contribution in [0.2, 0.25) is 0 Å². The molecule has 1 saturated heterocycles. The predicted octanol–water partition coefficient (Wildman–Crippen LogP) is 2.49. The molecule has 1 atom stereocenters. The summed E-state index contributed by atoms with van der Waals surface area (Å²) in [6.07, 6.45) is 3.45. The molecule has 8 heteroatoms. The van der Waals surface area contributed by atoms with Crippen LogP contribution in [-0.2, 0) is 11.8 Å². The molecule has 0 unspecified atom stereocenters. The average molecular weight is 356 g/mol. The maximum atomic E-state index is 12.7. The summed E-state index contributed by atoms with van der Waals surface area (Å²) in [6, 6.07) is 7.07. The summed E-state index contributed by atoms with van der Waals surface area (Å²) in [5.74, 6) is -0.318. The second kappa shape index (κ2) is 6.38. The van der Waals surface area contributed by atoms with Gasteiger partial charge in [-0.25, -0.2) is 0 Å². The van der Waals surface area contributed by atoms with Crippen molar-refractivity contribution in [3.63, 3.8) is 0 Å². The van der Waals surface area contributed by atoms with E-state index in [-0.39, 0.29) is 17.6 Å². The van der Waals surface area contributed by atoms with Crippen LogP contribution in [-0.4, -0.2) is 27.3 Å². The molecule has 0 bridgehead atoms. The van der Waals surface area contributed by atoms with Crippen LogP contribution in [0.25, 0.3) is 10.8 Å². The van der Waals surface area contributed by atoms with E-state index in [4.69, 9.17) is 4.74 Å². The Morgan fingerprint density at radius 3 is 2.88 bits per heavy atom. The quantitative estimate of drug-likeness (QED) is 0.779. The maximum absolute atomic E-state index is 12.7. The van der Waals surface area contributed by atoms with Gasteiger partial charge in [-0.1, -0.05) is 29.5 Å². The van der Waals surface area contributed by atoms with Crippen LogP contribution in [0, 0.1) is 0 Å². The van der Waals surface area contributed by atoms with Crippen LogP contribution < -0.4 is 10.9 Å². The molecular formula is C17H16N4O3S. The number of hydrogen-bond acceptors (Lipinski definition) is 6. The lowest BCUT2D eigenvalue weighted by Gasteiger charge is -2.08. The molecule has 1 aromatic carbocycles.